The minimum atomic E-state index is -1.08. The van der Waals surface area contributed by atoms with E-state index < -0.39 is 70.4 Å². The molecule has 2 aliphatic rings. The van der Waals surface area contributed by atoms with Crippen molar-refractivity contribution in [3.05, 3.63) is 71.8 Å². The van der Waals surface area contributed by atoms with Gasteiger partial charge in [0.1, 0.15) is 23.3 Å². The van der Waals surface area contributed by atoms with Crippen molar-refractivity contribution < 1.29 is 47.5 Å². The molecule has 376 valence electrons. The van der Waals surface area contributed by atoms with E-state index in [9.17, 15) is 28.8 Å². The largest absolute Gasteiger partial charge is 0.461 e. The molecule has 2 aromatic carbocycles. The number of carbonyl (C=O) groups excluding carboxylic acids is 6. The van der Waals surface area contributed by atoms with E-state index in [1.807, 2.05) is 102 Å². The summed E-state index contributed by atoms with van der Waals surface area (Å²) in [6, 6.07) is 15.5. The highest BCUT2D eigenvalue weighted by molar-refractivity contribution is 6.47. The first kappa shape index (κ1) is 55.6. The maximum Gasteiger partial charge on any atom is 0.461 e. The predicted molar refractivity (Wildman–Crippen MR) is 264 cm³/mol. The summed E-state index contributed by atoms with van der Waals surface area (Å²) in [6.07, 6.45) is 1.81. The molecule has 0 saturated carbocycles. The Hall–Kier alpha value is -4.96. The number of Topliss-reactive ketones (excluding diaryl/α,β-unsaturated/α-hetero) is 1. The molecule has 2 aromatic rings. The van der Waals surface area contributed by atoms with Gasteiger partial charge in [0.05, 0.1) is 17.2 Å². The van der Waals surface area contributed by atoms with Crippen LogP contribution in [0.3, 0.4) is 0 Å². The van der Waals surface area contributed by atoms with Crippen molar-refractivity contribution in [1.82, 2.24) is 26.2 Å². The van der Waals surface area contributed by atoms with Crippen molar-refractivity contribution in [2.24, 2.45) is 11.8 Å². The van der Waals surface area contributed by atoms with Gasteiger partial charge in [-0.25, -0.2) is 9.59 Å². The van der Waals surface area contributed by atoms with Gasteiger partial charge in [-0.2, -0.15) is 0 Å². The monoisotopic (exact) mass is 946 g/mol. The summed E-state index contributed by atoms with van der Waals surface area (Å²) in [7, 11) is -0.383. The normalized spacial score (nSPS) is 17.9. The highest BCUT2D eigenvalue weighted by atomic mass is 16.7. The zero-order valence-corrected chi connectivity index (χ0v) is 42.8. The van der Waals surface area contributed by atoms with Gasteiger partial charge in [0.15, 0.2) is 5.78 Å². The molecule has 0 aromatic heterocycles. The fraction of sp³-hybridized carbons (Fsp3) is 0.654. The minimum absolute atomic E-state index is 0.0103. The molecule has 4 atom stereocenters. The second-order valence-electron chi connectivity index (χ2n) is 21.9. The molecule has 2 fully saturated rings. The third-order valence-corrected chi connectivity index (χ3v) is 12.6. The van der Waals surface area contributed by atoms with Crippen LogP contribution < -0.4 is 21.3 Å². The van der Waals surface area contributed by atoms with E-state index in [0.717, 1.165) is 11.1 Å². The third kappa shape index (κ3) is 18.2. The Morgan fingerprint density at radius 3 is 1.71 bits per heavy atom. The van der Waals surface area contributed by atoms with Crippen LogP contribution in [0.5, 0.6) is 0 Å². The van der Waals surface area contributed by atoms with E-state index in [0.29, 0.717) is 58.2 Å². The van der Waals surface area contributed by atoms with E-state index in [1.165, 1.54) is 0 Å². The molecular weight excluding hydrogens is 865 g/mol. The number of amides is 5. The Kier molecular flexibility index (Phi) is 20.1. The molecule has 0 unspecified atom stereocenters. The van der Waals surface area contributed by atoms with Crippen molar-refractivity contribution in [2.45, 2.75) is 187 Å². The number of piperidine rings is 1. The lowest BCUT2D eigenvalue weighted by Gasteiger charge is -2.35. The standard InChI is InChI=1S/C52H80BN5O10/c1-35(2)31-38(34-43(59)41(32-36-21-15-13-16-22-36)56-45(61)42(33-37-23-17-14-18-24-37)57-48(64)66-50(6,7)8)44(60)55-40(25-19-20-28-54-47(63)65-49(3,4)5)46(62)58-29-26-39(27-30-58)53-67-51(9,10)52(11,12)68-53/h13-18,21-24,35,38-42H,19-20,25-34H2,1-12H3,(H,54,63)(H,55,60)(H,56,61)(H,57,64)/t38-,40+,41+,42+/m0/s1. The SMILES string of the molecule is CC(C)C[C@@H](CC(=O)[C@@H](Cc1ccccc1)NC(=O)[C@@H](Cc1ccccc1)NC(=O)OC(C)(C)C)C(=O)N[C@H](CCCCNC(=O)OC(C)(C)C)C(=O)N1CCC(B2OC(C)(C)C(C)(C)O2)CC1. The van der Waals surface area contributed by atoms with Crippen LogP contribution in [0.2, 0.25) is 5.82 Å². The maximum atomic E-state index is 14.6. The van der Waals surface area contributed by atoms with E-state index in [-0.39, 0.29) is 49.8 Å². The Labute approximate surface area is 405 Å². The van der Waals surface area contributed by atoms with Crippen LogP contribution in [0.4, 0.5) is 9.59 Å². The van der Waals surface area contributed by atoms with Gasteiger partial charge in [0.2, 0.25) is 17.7 Å². The molecule has 0 bridgehead atoms. The smallest absolute Gasteiger partial charge is 0.444 e. The van der Waals surface area contributed by atoms with Gasteiger partial charge in [-0.05, 0) is 137 Å². The predicted octanol–water partition coefficient (Wildman–Crippen LogP) is 7.74. The Balaban J connectivity index is 1.54. The molecule has 0 spiro atoms. The van der Waals surface area contributed by atoms with Crippen LogP contribution in [-0.2, 0) is 50.8 Å². The number of nitrogens with zero attached hydrogens (tertiary/aromatic N) is 1. The highest BCUT2D eigenvalue weighted by Crippen LogP contribution is 2.42. The average Bonchev–Trinajstić information content (AvgIpc) is 3.46. The highest BCUT2D eigenvalue weighted by Gasteiger charge is 2.54. The van der Waals surface area contributed by atoms with Crippen LogP contribution >= 0.6 is 0 Å². The number of alkyl carbamates (subject to hydrolysis) is 2. The van der Waals surface area contributed by atoms with Gasteiger partial charge in [-0.15, -0.1) is 0 Å². The van der Waals surface area contributed by atoms with E-state index in [4.69, 9.17) is 18.8 Å². The number of likely N-dealkylation sites (tertiary alicyclic amines) is 1. The molecule has 15 nitrogen and oxygen atoms in total. The van der Waals surface area contributed by atoms with Crippen molar-refractivity contribution in [3.8, 4) is 0 Å². The number of nitrogens with one attached hydrogen (secondary N) is 4. The second-order valence-corrected chi connectivity index (χ2v) is 21.9. The summed E-state index contributed by atoms with van der Waals surface area (Å²) >= 11 is 0. The molecule has 4 N–H and O–H groups in total. The molecule has 2 saturated heterocycles. The lowest BCUT2D eigenvalue weighted by Crippen LogP contribution is -2.54. The van der Waals surface area contributed by atoms with Gasteiger partial charge < -0.3 is 44.9 Å². The van der Waals surface area contributed by atoms with Gasteiger partial charge >= 0.3 is 19.3 Å². The van der Waals surface area contributed by atoms with E-state index in [2.05, 4.69) is 21.3 Å². The number of ether oxygens (including phenoxy) is 2. The number of benzene rings is 2. The number of rotatable bonds is 21. The fourth-order valence-corrected chi connectivity index (χ4v) is 8.33. The molecule has 2 aliphatic heterocycles. The van der Waals surface area contributed by atoms with Crippen LogP contribution in [0.25, 0.3) is 0 Å². The summed E-state index contributed by atoms with van der Waals surface area (Å²) in [5.74, 6) is -2.29. The van der Waals surface area contributed by atoms with Gasteiger partial charge in [0, 0.05) is 38.4 Å². The number of carbonyl (C=O) groups is 6. The summed E-state index contributed by atoms with van der Waals surface area (Å²) < 4.78 is 23.6. The van der Waals surface area contributed by atoms with Crippen molar-refractivity contribution in [1.29, 1.82) is 0 Å². The quantitative estimate of drug-likeness (QED) is 0.0712. The third-order valence-electron chi connectivity index (χ3n) is 12.6. The topological polar surface area (TPSA) is 191 Å². The maximum absolute atomic E-state index is 14.6. The first-order valence-electron chi connectivity index (χ1n) is 24.5. The molecule has 4 rings (SSSR count). The van der Waals surface area contributed by atoms with E-state index in [1.54, 1.807) is 46.4 Å². The summed E-state index contributed by atoms with van der Waals surface area (Å²) in [5, 5.41) is 11.5. The van der Waals surface area contributed by atoms with Crippen LogP contribution in [0.1, 0.15) is 139 Å². The average molecular weight is 946 g/mol. The fourth-order valence-electron chi connectivity index (χ4n) is 8.33. The second kappa shape index (κ2) is 24.6. The van der Waals surface area contributed by atoms with Crippen molar-refractivity contribution in [2.75, 3.05) is 19.6 Å². The van der Waals surface area contributed by atoms with Gasteiger partial charge in [0.25, 0.3) is 0 Å². The van der Waals surface area contributed by atoms with Gasteiger partial charge in [-0.1, -0.05) is 74.5 Å². The van der Waals surface area contributed by atoms with Crippen LogP contribution in [0.15, 0.2) is 60.7 Å². The lowest BCUT2D eigenvalue weighted by molar-refractivity contribution is -0.139. The molecule has 16 heteroatoms. The molecule has 68 heavy (non-hydrogen) atoms. The van der Waals surface area contributed by atoms with Crippen molar-refractivity contribution in [3.63, 3.8) is 0 Å². The number of hydrogen-bond donors (Lipinski definition) is 4. The number of unbranched alkanes of at least 4 members (excludes halogenated alkanes) is 1. The molecule has 0 aliphatic carbocycles. The Bertz CT molecular complexity index is 1960. The summed E-state index contributed by atoms with van der Waals surface area (Å²) in [4.78, 5) is 84.9. The van der Waals surface area contributed by atoms with Crippen LogP contribution in [0, 0.1) is 11.8 Å². The van der Waals surface area contributed by atoms with Gasteiger partial charge in [-0.3, -0.25) is 19.2 Å². The Morgan fingerprint density at radius 1 is 0.691 bits per heavy atom. The lowest BCUT2D eigenvalue weighted by atomic mass is 9.66. The first-order chi connectivity index (χ1) is 31.7. The summed E-state index contributed by atoms with van der Waals surface area (Å²) in [5.41, 5.74) is -0.811. The zero-order valence-electron chi connectivity index (χ0n) is 42.8. The zero-order chi connectivity index (χ0) is 50.5. The number of ketones is 1. The van der Waals surface area contributed by atoms with Crippen LogP contribution in [-0.4, -0.2) is 108 Å². The molecule has 0 radical (unpaired) electrons. The molecule has 5 amide bonds. The summed E-state index contributed by atoms with van der Waals surface area (Å²) in [6.45, 7) is 23.8. The minimum Gasteiger partial charge on any atom is -0.444 e. The first-order valence-corrected chi connectivity index (χ1v) is 24.5. The Morgan fingerprint density at radius 2 is 1.19 bits per heavy atom. The molecule has 2 heterocycles. The number of hydrogen-bond acceptors (Lipinski definition) is 10. The van der Waals surface area contributed by atoms with E-state index >= 15 is 0 Å². The molecular formula is C52H80BN5O10. The van der Waals surface area contributed by atoms with Crippen molar-refractivity contribution >= 4 is 42.8 Å².